The van der Waals surface area contributed by atoms with Crippen molar-refractivity contribution in [1.29, 1.82) is 0 Å². The molecule has 0 unspecified atom stereocenters. The molecule has 29 heavy (non-hydrogen) atoms. The molecule has 0 spiro atoms. The Kier molecular flexibility index (Phi) is 4.29. The summed E-state index contributed by atoms with van der Waals surface area (Å²) in [4.78, 5) is 19.5. The zero-order chi connectivity index (χ0) is 20.9. The summed E-state index contributed by atoms with van der Waals surface area (Å²) in [7, 11) is 0. The monoisotopic (exact) mass is 401 g/mol. The molecule has 3 heterocycles. The molecule has 4 rings (SSSR count). The molecule has 0 bridgehead atoms. The summed E-state index contributed by atoms with van der Waals surface area (Å²) in [6, 6.07) is 5.02. The second-order valence-corrected chi connectivity index (χ2v) is 8.01. The summed E-state index contributed by atoms with van der Waals surface area (Å²) in [6.45, 7) is 8.95. The van der Waals surface area contributed by atoms with E-state index < -0.39 is 11.2 Å². The largest absolute Gasteiger partial charge is 0.434 e. The minimum atomic E-state index is -0.654. The summed E-state index contributed by atoms with van der Waals surface area (Å²) in [5.74, 6) is -0.280. The number of aromatic nitrogens is 4. The first-order chi connectivity index (χ1) is 13.6. The molecule has 8 heteroatoms. The molecule has 0 saturated carbocycles. The Labute approximate surface area is 166 Å². The Morgan fingerprint density at radius 2 is 1.97 bits per heavy atom. The van der Waals surface area contributed by atoms with Gasteiger partial charge >= 0.3 is 5.97 Å². The molecule has 1 aromatic carbocycles. The van der Waals surface area contributed by atoms with Crippen molar-refractivity contribution in [2.45, 2.75) is 34.6 Å². The van der Waals surface area contributed by atoms with Gasteiger partial charge in [0.15, 0.2) is 17.3 Å². The fourth-order valence-corrected chi connectivity index (χ4v) is 3.01. The van der Waals surface area contributed by atoms with Gasteiger partial charge in [-0.1, -0.05) is 0 Å². The van der Waals surface area contributed by atoms with Gasteiger partial charge in [-0.15, -0.1) is 0 Å². The standard InChI is InChI=1S/C21H21FN4O3/c1-11-8-13-14(25-11)6-7-15(17(13)22)28-19-18-12(2)16(9-26(18)24-10-23-19)29-20(27)21(3,4)5/h6-10,25H,1-5H3/i2+1,12+1,16+1,23+1,26+1. The first-order valence-electron chi connectivity index (χ1n) is 9.16. The highest BCUT2D eigenvalue weighted by atomic mass is 19.1. The lowest BCUT2D eigenvalue weighted by molar-refractivity contribution is -0.143. The first kappa shape index (κ1) is 18.9. The van der Waals surface area contributed by atoms with E-state index in [1.54, 1.807) is 52.1 Å². The smallest absolute Gasteiger partial charge is 0.316 e. The van der Waals surface area contributed by atoms with Crippen molar-refractivity contribution < 1.29 is 18.7 Å². The van der Waals surface area contributed by atoms with Crippen LogP contribution in [-0.2, 0) is 4.79 Å². The van der Waals surface area contributed by atoms with E-state index in [2.05, 4.69) is 15.1 Å². The van der Waals surface area contributed by atoms with Gasteiger partial charge in [-0.25, -0.2) is 8.91 Å². The number of hydrogen-bond donors (Lipinski definition) is 1. The third kappa shape index (κ3) is 3.30. The van der Waals surface area contributed by atoms with Crippen LogP contribution >= 0.6 is 0 Å². The van der Waals surface area contributed by atoms with Crippen molar-refractivity contribution in [3.8, 4) is 17.4 Å². The molecule has 0 aliphatic heterocycles. The maximum atomic E-state index is 14.9. The van der Waals surface area contributed by atoms with Gasteiger partial charge in [-0.3, -0.25) is 4.79 Å². The minimum absolute atomic E-state index is 0.0472. The molecular weight excluding hydrogens is 380 g/mol. The third-order valence-electron chi connectivity index (χ3n) is 4.61. The molecule has 0 atom stereocenters. The summed E-state index contributed by atoms with van der Waals surface area (Å²) in [5, 5.41) is 4.59. The van der Waals surface area contributed by atoms with Gasteiger partial charge < -0.3 is 14.5 Å². The third-order valence-corrected chi connectivity index (χ3v) is 4.61. The quantitative estimate of drug-likeness (QED) is 0.397. The molecule has 4 aromatic rings. The van der Waals surface area contributed by atoms with Gasteiger partial charge in [0.25, 0.3) is 0 Å². The van der Waals surface area contributed by atoms with Crippen LogP contribution in [0.15, 0.2) is 30.7 Å². The van der Waals surface area contributed by atoms with Crippen LogP contribution in [-0.4, -0.2) is 25.6 Å². The number of ether oxygens (including phenoxy) is 2. The summed E-state index contributed by atoms with van der Waals surface area (Å²) in [6.07, 6.45) is 2.88. The number of carbonyl (C=O) groups excluding carboxylic acids is 1. The zero-order valence-corrected chi connectivity index (χ0v) is 16.8. The van der Waals surface area contributed by atoms with Crippen LogP contribution in [0, 0.1) is 25.1 Å². The van der Waals surface area contributed by atoms with Gasteiger partial charge in [0.05, 0.1) is 11.6 Å². The number of carbonyl (C=O) groups is 1. The number of aromatic amines is 1. The molecule has 0 saturated heterocycles. The molecule has 0 aliphatic carbocycles. The number of benzene rings is 1. The second-order valence-electron chi connectivity index (χ2n) is 8.01. The van der Waals surface area contributed by atoms with E-state index in [0.717, 1.165) is 5.69 Å². The molecular formula is C21H21FN4O3. The Hall–Kier alpha value is -3.42. The van der Waals surface area contributed by atoms with Crippen LogP contribution in [0.4, 0.5) is 4.39 Å². The predicted molar refractivity (Wildman–Crippen MR) is 106 cm³/mol. The van der Waals surface area contributed by atoms with Gasteiger partial charge in [-0.05, 0) is 52.8 Å². The lowest BCUT2D eigenvalue weighted by Crippen LogP contribution is -2.25. The highest BCUT2D eigenvalue weighted by Gasteiger charge is 2.26. The number of halogens is 1. The van der Waals surface area contributed by atoms with E-state index in [1.165, 1.54) is 10.8 Å². The zero-order valence-electron chi connectivity index (χ0n) is 16.8. The van der Waals surface area contributed by atoms with Crippen molar-refractivity contribution in [3.05, 3.63) is 47.8 Å². The number of H-pyrrole nitrogens is 1. The number of esters is 1. The average molecular weight is 401 g/mol. The first-order valence-corrected chi connectivity index (χ1v) is 9.16. The molecule has 1 N–H and O–H groups in total. The number of rotatable bonds is 3. The van der Waals surface area contributed by atoms with Crippen molar-refractivity contribution >= 4 is 22.4 Å². The van der Waals surface area contributed by atoms with Gasteiger partial charge in [0.2, 0.25) is 5.88 Å². The maximum Gasteiger partial charge on any atom is 0.316 e. The molecule has 0 fully saturated rings. The number of fused-ring (bicyclic) bond motifs is 2. The summed E-state index contributed by atoms with van der Waals surface area (Å²) in [5.41, 5.74) is 2.01. The lowest BCUT2D eigenvalue weighted by atomic mass is 9.98. The van der Waals surface area contributed by atoms with E-state index in [4.69, 9.17) is 9.47 Å². The topological polar surface area (TPSA) is 81.5 Å². The van der Waals surface area contributed by atoms with Crippen LogP contribution in [0.1, 0.15) is 32.0 Å². The molecule has 0 amide bonds. The molecule has 7 nitrogen and oxygen atoms in total. The number of aryl methyl sites for hydroxylation is 2. The van der Waals surface area contributed by atoms with E-state index in [-0.39, 0.29) is 17.6 Å². The van der Waals surface area contributed by atoms with E-state index in [0.29, 0.717) is 27.7 Å². The van der Waals surface area contributed by atoms with Gasteiger partial charge in [-0.2, -0.15) is 10.1 Å². The SMILES string of the molecule is Cc1cc2c(F)c(Oc3[15n]cn[15n]4c[13c](OC(=O)C(C)(C)C)[13c]([13CH3])c34)ccc2[nH]1. The van der Waals surface area contributed by atoms with E-state index >= 15 is 0 Å². The number of nitrogens with zero attached hydrogens (tertiary/aromatic N) is 3. The summed E-state index contributed by atoms with van der Waals surface area (Å²) < 4.78 is 27.7. The molecule has 0 aliphatic rings. The Balaban J connectivity index is 1.75. The van der Waals surface area contributed by atoms with Crippen LogP contribution in [0.2, 0.25) is 0 Å². The van der Waals surface area contributed by atoms with Gasteiger partial charge in [0, 0.05) is 22.2 Å². The van der Waals surface area contributed by atoms with E-state index in [9.17, 15) is 9.18 Å². The van der Waals surface area contributed by atoms with Crippen LogP contribution in [0.3, 0.4) is 0 Å². The second kappa shape index (κ2) is 6.58. The highest BCUT2D eigenvalue weighted by molar-refractivity contribution is 5.83. The normalized spacial score (nSPS) is 11.9. The lowest BCUT2D eigenvalue weighted by Gasteiger charge is -2.15. The maximum absolute atomic E-state index is 14.9. The molecule has 3 aromatic heterocycles. The fourth-order valence-electron chi connectivity index (χ4n) is 3.01. The molecule has 150 valence electrons. The van der Waals surface area contributed by atoms with Crippen molar-refractivity contribution in [3.63, 3.8) is 0 Å². The van der Waals surface area contributed by atoms with Crippen molar-refractivity contribution in [2.24, 2.45) is 5.41 Å². The molecule has 0 radical (unpaired) electrons. The number of hydrogen-bond acceptors (Lipinski definition) is 5. The highest BCUT2D eigenvalue weighted by Crippen LogP contribution is 2.35. The van der Waals surface area contributed by atoms with Crippen molar-refractivity contribution in [1.82, 2.24) is 19.6 Å². The van der Waals surface area contributed by atoms with Crippen molar-refractivity contribution in [2.75, 3.05) is 0 Å². The van der Waals surface area contributed by atoms with E-state index in [1.807, 2.05) is 6.92 Å². The van der Waals surface area contributed by atoms with Crippen LogP contribution < -0.4 is 9.47 Å². The van der Waals surface area contributed by atoms with Crippen LogP contribution in [0.5, 0.6) is 17.4 Å². The Morgan fingerprint density at radius 3 is 2.69 bits per heavy atom. The average Bonchev–Trinajstić information content (AvgIpc) is 3.18. The van der Waals surface area contributed by atoms with Gasteiger partial charge in [0.1, 0.15) is 11.8 Å². The predicted octanol–water partition coefficient (Wildman–Crippen LogP) is 4.71. The Bertz CT molecular complexity index is 1250. The fraction of sp³-hybridized carbons (Fsp3) is 0.286. The Morgan fingerprint density at radius 1 is 1.21 bits per heavy atom. The minimum Gasteiger partial charge on any atom is -0.434 e. The van der Waals surface area contributed by atoms with Crippen LogP contribution in [0.25, 0.3) is 16.4 Å². The summed E-state index contributed by atoms with van der Waals surface area (Å²) >= 11 is 0. The number of nitrogens with one attached hydrogen (secondary N) is 1.